The highest BCUT2D eigenvalue weighted by Crippen LogP contribution is 2.31. The minimum Gasteiger partial charge on any atom is -0.314 e. The summed E-state index contributed by atoms with van der Waals surface area (Å²) in [6.07, 6.45) is -4.97. The molecule has 2 rings (SSSR count). The van der Waals surface area contributed by atoms with Crippen LogP contribution in [0.15, 0.2) is 24.3 Å². The molecule has 0 spiro atoms. The zero-order valence-electron chi connectivity index (χ0n) is 11.5. The minimum absolute atomic E-state index is 0. The maximum atomic E-state index is 13.0. The van der Waals surface area contributed by atoms with E-state index in [4.69, 9.17) is 0 Å². The Hall–Kier alpha value is -0.850. The van der Waals surface area contributed by atoms with Gasteiger partial charge in [-0.3, -0.25) is 4.90 Å². The van der Waals surface area contributed by atoms with Crippen molar-refractivity contribution in [3.63, 3.8) is 0 Å². The minimum atomic E-state index is -4.16. The normalized spacial score (nSPS) is 18.1. The molecule has 0 bridgehead atoms. The molecule has 7 heteroatoms. The quantitative estimate of drug-likeness (QED) is 0.851. The number of rotatable bonds is 4. The van der Waals surface area contributed by atoms with Crippen LogP contribution in [0.5, 0.6) is 0 Å². The number of hydrogen-bond acceptors (Lipinski definition) is 2. The van der Waals surface area contributed by atoms with Crippen molar-refractivity contribution in [1.82, 2.24) is 10.2 Å². The maximum Gasteiger partial charge on any atom is 0.389 e. The van der Waals surface area contributed by atoms with Gasteiger partial charge in [-0.1, -0.05) is 12.1 Å². The van der Waals surface area contributed by atoms with Crippen LogP contribution in [0.4, 0.5) is 17.6 Å². The van der Waals surface area contributed by atoms with Crippen LogP contribution in [0.2, 0.25) is 0 Å². The Morgan fingerprint density at radius 1 is 1.10 bits per heavy atom. The van der Waals surface area contributed by atoms with Crippen molar-refractivity contribution in [3.05, 3.63) is 35.6 Å². The number of alkyl halides is 3. The maximum absolute atomic E-state index is 13.0. The van der Waals surface area contributed by atoms with E-state index in [2.05, 4.69) is 5.32 Å². The Morgan fingerprint density at radius 3 is 2.19 bits per heavy atom. The zero-order chi connectivity index (χ0) is 14.6. The van der Waals surface area contributed by atoms with Crippen molar-refractivity contribution >= 4 is 12.4 Å². The first-order valence-corrected chi connectivity index (χ1v) is 6.73. The van der Waals surface area contributed by atoms with E-state index < -0.39 is 12.6 Å². The molecule has 1 saturated heterocycles. The lowest BCUT2D eigenvalue weighted by atomic mass is 9.99. The van der Waals surface area contributed by atoms with E-state index in [-0.39, 0.29) is 30.7 Å². The fourth-order valence-electron chi connectivity index (χ4n) is 2.54. The Kier molecular flexibility index (Phi) is 6.90. The van der Waals surface area contributed by atoms with Gasteiger partial charge >= 0.3 is 6.18 Å². The van der Waals surface area contributed by atoms with Gasteiger partial charge in [0.05, 0.1) is 0 Å². The molecule has 1 fully saturated rings. The number of benzene rings is 1. The molecule has 0 radical (unpaired) electrons. The van der Waals surface area contributed by atoms with Crippen molar-refractivity contribution in [3.8, 4) is 0 Å². The second kappa shape index (κ2) is 7.96. The molecule has 21 heavy (non-hydrogen) atoms. The largest absolute Gasteiger partial charge is 0.389 e. The fraction of sp³-hybridized carbons (Fsp3) is 0.571. The van der Waals surface area contributed by atoms with Crippen molar-refractivity contribution < 1.29 is 17.6 Å². The number of nitrogens with one attached hydrogen (secondary N) is 1. The van der Waals surface area contributed by atoms with Crippen LogP contribution < -0.4 is 5.32 Å². The molecule has 120 valence electrons. The van der Waals surface area contributed by atoms with Crippen molar-refractivity contribution in [2.75, 3.05) is 26.2 Å². The molecule has 1 aliphatic rings. The first-order valence-electron chi connectivity index (χ1n) is 6.73. The average molecular weight is 327 g/mol. The number of hydrogen-bond donors (Lipinski definition) is 1. The summed E-state index contributed by atoms with van der Waals surface area (Å²) in [6, 6.07) is 5.46. The Balaban J connectivity index is 0.00000220. The lowest BCUT2D eigenvalue weighted by Crippen LogP contribution is -2.45. The van der Waals surface area contributed by atoms with Gasteiger partial charge in [0.15, 0.2) is 0 Å². The Labute approximate surface area is 127 Å². The van der Waals surface area contributed by atoms with E-state index >= 15 is 0 Å². The van der Waals surface area contributed by atoms with Crippen LogP contribution in [-0.2, 0) is 0 Å². The van der Waals surface area contributed by atoms with Crippen molar-refractivity contribution in [1.29, 1.82) is 0 Å². The summed E-state index contributed by atoms with van der Waals surface area (Å²) in [5.41, 5.74) is 0.748. The van der Waals surface area contributed by atoms with Crippen molar-refractivity contribution in [2.45, 2.75) is 25.1 Å². The number of halogens is 5. The summed E-state index contributed by atoms with van der Waals surface area (Å²) in [5, 5.41) is 3.18. The third-order valence-corrected chi connectivity index (χ3v) is 3.55. The predicted octanol–water partition coefficient (Wildman–Crippen LogP) is 3.54. The van der Waals surface area contributed by atoms with Crippen molar-refractivity contribution in [2.24, 2.45) is 0 Å². The van der Waals surface area contributed by atoms with Gasteiger partial charge in [0.2, 0.25) is 0 Å². The summed E-state index contributed by atoms with van der Waals surface area (Å²) >= 11 is 0. The van der Waals surface area contributed by atoms with E-state index in [1.807, 2.05) is 4.90 Å². The molecule has 1 aromatic carbocycles. The smallest absolute Gasteiger partial charge is 0.314 e. The van der Waals surface area contributed by atoms with Crippen LogP contribution in [0.25, 0.3) is 0 Å². The van der Waals surface area contributed by atoms with E-state index in [1.54, 1.807) is 12.1 Å². The third kappa shape index (κ3) is 5.80. The second-order valence-corrected chi connectivity index (χ2v) is 5.01. The van der Waals surface area contributed by atoms with E-state index in [1.165, 1.54) is 12.1 Å². The highest BCUT2D eigenvalue weighted by atomic mass is 35.5. The van der Waals surface area contributed by atoms with Gasteiger partial charge in [-0.2, -0.15) is 13.2 Å². The number of piperazine rings is 1. The molecule has 0 saturated carbocycles. The van der Waals surface area contributed by atoms with Crippen LogP contribution in [0.3, 0.4) is 0 Å². The first kappa shape index (κ1) is 18.2. The van der Waals surface area contributed by atoms with Gasteiger partial charge in [-0.25, -0.2) is 4.39 Å². The summed E-state index contributed by atoms with van der Waals surface area (Å²) in [5.74, 6) is -0.372. The topological polar surface area (TPSA) is 15.3 Å². The SMILES string of the molecule is Cl.Fc1ccc([C@@H](CCC(F)(F)F)N2CCNCC2)cc1. The molecule has 0 aromatic heterocycles. The molecular formula is C14H19ClF4N2. The fourth-order valence-corrected chi connectivity index (χ4v) is 2.54. The van der Waals surface area contributed by atoms with Gasteiger partial charge in [-0.05, 0) is 24.1 Å². The lowest BCUT2D eigenvalue weighted by Gasteiger charge is -2.35. The van der Waals surface area contributed by atoms with Gasteiger partial charge < -0.3 is 5.32 Å². The zero-order valence-corrected chi connectivity index (χ0v) is 12.3. The summed E-state index contributed by atoms with van der Waals surface area (Å²) in [7, 11) is 0. The highest BCUT2D eigenvalue weighted by Gasteiger charge is 2.31. The van der Waals surface area contributed by atoms with Crippen LogP contribution >= 0.6 is 12.4 Å². The summed E-state index contributed by atoms with van der Waals surface area (Å²) in [6.45, 7) is 2.95. The van der Waals surface area contributed by atoms with E-state index in [0.29, 0.717) is 13.1 Å². The summed E-state index contributed by atoms with van der Waals surface area (Å²) < 4.78 is 50.4. The standard InChI is InChI=1S/C14H18F4N2.ClH/c15-12-3-1-11(2-4-12)13(5-6-14(16,17)18)20-9-7-19-8-10-20;/h1-4,13,19H,5-10H2;1H/t13-;/m1./s1. The number of nitrogens with zero attached hydrogens (tertiary/aromatic N) is 1. The Morgan fingerprint density at radius 2 is 1.67 bits per heavy atom. The molecule has 0 unspecified atom stereocenters. The van der Waals surface area contributed by atoms with Crippen LogP contribution in [-0.4, -0.2) is 37.3 Å². The molecule has 1 aliphatic heterocycles. The third-order valence-electron chi connectivity index (χ3n) is 3.55. The monoisotopic (exact) mass is 326 g/mol. The predicted molar refractivity (Wildman–Crippen MR) is 76.1 cm³/mol. The Bertz CT molecular complexity index is 416. The summed E-state index contributed by atoms with van der Waals surface area (Å²) in [4.78, 5) is 2.04. The van der Waals surface area contributed by atoms with Crippen LogP contribution in [0, 0.1) is 5.82 Å². The molecule has 1 heterocycles. The van der Waals surface area contributed by atoms with Gasteiger partial charge in [0.1, 0.15) is 5.82 Å². The molecule has 1 aromatic rings. The molecule has 1 atom stereocenters. The molecular weight excluding hydrogens is 308 g/mol. The molecule has 2 nitrogen and oxygen atoms in total. The highest BCUT2D eigenvalue weighted by molar-refractivity contribution is 5.85. The second-order valence-electron chi connectivity index (χ2n) is 5.01. The first-order chi connectivity index (χ1) is 9.46. The van der Waals surface area contributed by atoms with Crippen LogP contribution in [0.1, 0.15) is 24.4 Å². The van der Waals surface area contributed by atoms with Gasteiger partial charge in [0.25, 0.3) is 0 Å². The average Bonchev–Trinajstić information content (AvgIpc) is 2.41. The van der Waals surface area contributed by atoms with Gasteiger partial charge in [0, 0.05) is 38.6 Å². The van der Waals surface area contributed by atoms with E-state index in [9.17, 15) is 17.6 Å². The molecule has 0 aliphatic carbocycles. The van der Waals surface area contributed by atoms with E-state index in [0.717, 1.165) is 18.7 Å². The molecule has 1 N–H and O–H groups in total. The lowest BCUT2D eigenvalue weighted by molar-refractivity contribution is -0.138. The molecule has 0 amide bonds. The van der Waals surface area contributed by atoms with Gasteiger partial charge in [-0.15, -0.1) is 12.4 Å².